The quantitative estimate of drug-likeness (QED) is 0.586. The fourth-order valence-corrected chi connectivity index (χ4v) is 3.87. The van der Waals surface area contributed by atoms with Gasteiger partial charge in [-0.2, -0.15) is 0 Å². The second kappa shape index (κ2) is 9.88. The molecular formula is C25H30N2O2. The highest BCUT2D eigenvalue weighted by Gasteiger charge is 2.11. The molecule has 1 N–H and O–H groups in total. The van der Waals surface area contributed by atoms with E-state index in [1.54, 1.807) is 0 Å². The Morgan fingerprint density at radius 1 is 1.00 bits per heavy atom. The van der Waals surface area contributed by atoms with Gasteiger partial charge < -0.3 is 14.8 Å². The average Bonchev–Trinajstić information content (AvgIpc) is 2.76. The Balaban J connectivity index is 1.45. The van der Waals surface area contributed by atoms with Crippen LogP contribution in [-0.4, -0.2) is 44.3 Å². The molecule has 0 radical (unpaired) electrons. The highest BCUT2D eigenvalue weighted by molar-refractivity contribution is 5.87. The van der Waals surface area contributed by atoms with Crippen LogP contribution >= 0.6 is 0 Å². The molecule has 0 aliphatic carbocycles. The summed E-state index contributed by atoms with van der Waals surface area (Å²) in [4.78, 5) is 2.45. The number of nitrogens with one attached hydrogen (secondary N) is 1. The third kappa shape index (κ3) is 5.36. The fourth-order valence-electron chi connectivity index (χ4n) is 3.87. The number of morpholine rings is 1. The van der Waals surface area contributed by atoms with Gasteiger partial charge in [-0.05, 0) is 29.3 Å². The number of ether oxygens (including phenoxy) is 2. The summed E-state index contributed by atoms with van der Waals surface area (Å²) in [7, 11) is 0. The standard InChI is InChI=1S/C25H30N2O2/c1-20-5-4-6-21(17-20)19-29-25-10-9-22-7-2-3-8-23(22)24(25)18-26-11-12-27-13-15-28-16-14-27/h2-10,17,26H,11-16,18-19H2,1H3. The Morgan fingerprint density at radius 3 is 2.72 bits per heavy atom. The molecule has 1 fully saturated rings. The van der Waals surface area contributed by atoms with Crippen molar-refractivity contribution in [1.29, 1.82) is 0 Å². The fraction of sp³-hybridized carbons (Fsp3) is 0.360. The van der Waals surface area contributed by atoms with Crippen molar-refractivity contribution in [1.82, 2.24) is 10.2 Å². The summed E-state index contributed by atoms with van der Waals surface area (Å²) in [5, 5.41) is 6.13. The van der Waals surface area contributed by atoms with E-state index in [9.17, 15) is 0 Å². The lowest BCUT2D eigenvalue weighted by Gasteiger charge is -2.26. The van der Waals surface area contributed by atoms with E-state index in [0.717, 1.165) is 51.7 Å². The van der Waals surface area contributed by atoms with Crippen LogP contribution in [0.4, 0.5) is 0 Å². The largest absolute Gasteiger partial charge is 0.489 e. The molecule has 0 spiro atoms. The number of hydrogen-bond acceptors (Lipinski definition) is 4. The van der Waals surface area contributed by atoms with Crippen LogP contribution in [0.15, 0.2) is 60.7 Å². The predicted octanol–water partition coefficient (Wildman–Crippen LogP) is 4.15. The zero-order valence-corrected chi connectivity index (χ0v) is 17.2. The van der Waals surface area contributed by atoms with Crippen LogP contribution < -0.4 is 10.1 Å². The van der Waals surface area contributed by atoms with Crippen LogP contribution in [0, 0.1) is 6.92 Å². The Kier molecular flexibility index (Phi) is 6.78. The summed E-state index contributed by atoms with van der Waals surface area (Å²) in [5.41, 5.74) is 3.69. The first-order valence-electron chi connectivity index (χ1n) is 10.5. The van der Waals surface area contributed by atoms with Gasteiger partial charge in [0, 0.05) is 38.3 Å². The number of fused-ring (bicyclic) bond motifs is 1. The lowest BCUT2D eigenvalue weighted by molar-refractivity contribution is 0.0384. The van der Waals surface area contributed by atoms with Crippen molar-refractivity contribution in [3.63, 3.8) is 0 Å². The van der Waals surface area contributed by atoms with E-state index in [1.807, 2.05) is 0 Å². The summed E-state index contributed by atoms with van der Waals surface area (Å²) in [6.45, 7) is 9.26. The third-order valence-electron chi connectivity index (χ3n) is 5.48. The Morgan fingerprint density at radius 2 is 1.86 bits per heavy atom. The summed E-state index contributed by atoms with van der Waals surface area (Å²) in [5.74, 6) is 0.962. The minimum Gasteiger partial charge on any atom is -0.489 e. The summed E-state index contributed by atoms with van der Waals surface area (Å²) in [6, 6.07) is 21.3. The van der Waals surface area contributed by atoms with Gasteiger partial charge in [-0.3, -0.25) is 4.90 Å². The third-order valence-corrected chi connectivity index (χ3v) is 5.48. The van der Waals surface area contributed by atoms with Crippen LogP contribution in [0.5, 0.6) is 5.75 Å². The molecule has 0 aromatic heterocycles. The first-order valence-corrected chi connectivity index (χ1v) is 10.5. The van der Waals surface area contributed by atoms with Crippen LogP contribution in [0.2, 0.25) is 0 Å². The lowest BCUT2D eigenvalue weighted by Crippen LogP contribution is -2.40. The Bertz CT molecular complexity index is 935. The summed E-state index contributed by atoms with van der Waals surface area (Å²) < 4.78 is 11.7. The highest BCUT2D eigenvalue weighted by atomic mass is 16.5. The lowest BCUT2D eigenvalue weighted by atomic mass is 10.0. The van der Waals surface area contributed by atoms with Gasteiger partial charge in [-0.15, -0.1) is 0 Å². The van der Waals surface area contributed by atoms with Gasteiger partial charge in [0.25, 0.3) is 0 Å². The molecule has 29 heavy (non-hydrogen) atoms. The maximum absolute atomic E-state index is 6.27. The van der Waals surface area contributed by atoms with Crippen molar-refractivity contribution in [2.24, 2.45) is 0 Å². The van der Waals surface area contributed by atoms with Crippen molar-refractivity contribution < 1.29 is 9.47 Å². The number of rotatable bonds is 8. The molecule has 0 atom stereocenters. The van der Waals surface area contributed by atoms with Gasteiger partial charge in [0.1, 0.15) is 12.4 Å². The molecule has 152 valence electrons. The van der Waals surface area contributed by atoms with E-state index in [-0.39, 0.29) is 0 Å². The van der Waals surface area contributed by atoms with Crippen molar-refractivity contribution in [3.8, 4) is 5.75 Å². The molecule has 4 rings (SSSR count). The van der Waals surface area contributed by atoms with Crippen LogP contribution in [0.25, 0.3) is 10.8 Å². The Labute approximate surface area is 173 Å². The molecule has 0 amide bonds. The van der Waals surface area contributed by atoms with Gasteiger partial charge >= 0.3 is 0 Å². The van der Waals surface area contributed by atoms with Crippen LogP contribution in [0.1, 0.15) is 16.7 Å². The average molecular weight is 391 g/mol. The minimum absolute atomic E-state index is 0.584. The predicted molar refractivity (Wildman–Crippen MR) is 118 cm³/mol. The molecule has 0 saturated carbocycles. The number of hydrogen-bond donors (Lipinski definition) is 1. The normalized spacial score (nSPS) is 14.9. The SMILES string of the molecule is Cc1cccc(COc2ccc3ccccc3c2CNCCN2CCOCC2)c1. The van der Waals surface area contributed by atoms with Crippen LogP contribution in [0.3, 0.4) is 0 Å². The smallest absolute Gasteiger partial charge is 0.124 e. The van der Waals surface area contributed by atoms with Crippen molar-refractivity contribution in [2.45, 2.75) is 20.1 Å². The van der Waals surface area contributed by atoms with Gasteiger partial charge in [0.05, 0.1) is 13.2 Å². The van der Waals surface area contributed by atoms with E-state index < -0.39 is 0 Å². The molecule has 1 aliphatic heterocycles. The highest BCUT2D eigenvalue weighted by Crippen LogP contribution is 2.28. The molecule has 0 unspecified atom stereocenters. The van der Waals surface area contributed by atoms with Crippen molar-refractivity contribution in [3.05, 3.63) is 77.4 Å². The van der Waals surface area contributed by atoms with Crippen LogP contribution in [-0.2, 0) is 17.9 Å². The molecule has 1 saturated heterocycles. The second-order valence-corrected chi connectivity index (χ2v) is 7.67. The van der Waals surface area contributed by atoms with Gasteiger partial charge in [0.15, 0.2) is 0 Å². The van der Waals surface area contributed by atoms with Gasteiger partial charge in [-0.25, -0.2) is 0 Å². The van der Waals surface area contributed by atoms with Crippen molar-refractivity contribution in [2.75, 3.05) is 39.4 Å². The number of nitrogens with zero attached hydrogens (tertiary/aromatic N) is 1. The molecule has 4 heteroatoms. The molecule has 1 aliphatic rings. The van der Waals surface area contributed by atoms with E-state index in [0.29, 0.717) is 6.61 Å². The molecule has 3 aromatic carbocycles. The van der Waals surface area contributed by atoms with Gasteiger partial charge in [-0.1, -0.05) is 60.2 Å². The number of benzene rings is 3. The van der Waals surface area contributed by atoms with E-state index >= 15 is 0 Å². The zero-order chi connectivity index (χ0) is 19.9. The zero-order valence-electron chi connectivity index (χ0n) is 17.2. The van der Waals surface area contributed by atoms with Gasteiger partial charge in [0.2, 0.25) is 0 Å². The molecule has 3 aromatic rings. The monoisotopic (exact) mass is 390 g/mol. The molecule has 0 bridgehead atoms. The van der Waals surface area contributed by atoms with E-state index in [2.05, 4.69) is 77.8 Å². The number of aryl methyl sites for hydroxylation is 1. The molecular weight excluding hydrogens is 360 g/mol. The molecule has 1 heterocycles. The van der Waals surface area contributed by atoms with E-state index in [4.69, 9.17) is 9.47 Å². The molecule has 4 nitrogen and oxygen atoms in total. The maximum Gasteiger partial charge on any atom is 0.124 e. The summed E-state index contributed by atoms with van der Waals surface area (Å²) in [6.07, 6.45) is 0. The minimum atomic E-state index is 0.584. The van der Waals surface area contributed by atoms with E-state index in [1.165, 1.54) is 27.5 Å². The second-order valence-electron chi connectivity index (χ2n) is 7.67. The topological polar surface area (TPSA) is 33.7 Å². The van der Waals surface area contributed by atoms with Crippen molar-refractivity contribution >= 4 is 10.8 Å². The Hall–Kier alpha value is -2.40. The maximum atomic E-state index is 6.27. The first-order chi connectivity index (χ1) is 14.3. The summed E-state index contributed by atoms with van der Waals surface area (Å²) >= 11 is 0. The first kappa shape index (κ1) is 19.9.